The van der Waals surface area contributed by atoms with Crippen LogP contribution in [0, 0.1) is 6.92 Å². The number of hydrogen-bond acceptors (Lipinski definition) is 5. The SMILES string of the molecule is CCOc1ccc(S(=O)(=O)N(CC(=O)N(Cc2ccc(Cl)cc2Cl)C(Cc2ccccc2)C(=O)NC(C)(C)C)c2ccc(C)cc2)cc1. The number of carbonyl (C=O) groups is 2. The van der Waals surface area contributed by atoms with Crippen molar-refractivity contribution in [2.45, 2.75) is 64.1 Å². The zero-order valence-electron chi connectivity index (χ0n) is 27.7. The van der Waals surface area contributed by atoms with Gasteiger partial charge in [0.05, 0.1) is 17.2 Å². The number of ether oxygens (including phenoxy) is 1. The van der Waals surface area contributed by atoms with Gasteiger partial charge in [-0.3, -0.25) is 13.9 Å². The zero-order valence-corrected chi connectivity index (χ0v) is 30.1. The Morgan fingerprint density at radius 1 is 0.896 bits per heavy atom. The van der Waals surface area contributed by atoms with Gasteiger partial charge >= 0.3 is 0 Å². The number of rotatable bonds is 13. The van der Waals surface area contributed by atoms with Crippen LogP contribution in [-0.4, -0.2) is 49.9 Å². The van der Waals surface area contributed by atoms with Crippen LogP contribution in [0.15, 0.2) is 102 Å². The summed E-state index contributed by atoms with van der Waals surface area (Å²) in [6.07, 6.45) is 0.176. The fourth-order valence-corrected chi connectivity index (χ4v) is 6.96. The van der Waals surface area contributed by atoms with E-state index in [9.17, 15) is 18.0 Å². The van der Waals surface area contributed by atoms with Crippen molar-refractivity contribution < 1.29 is 22.7 Å². The standard InChI is InChI=1S/C37H41Cl2N3O5S/c1-6-47-31-18-20-32(21-19-31)48(45,46)42(30-16-12-26(2)13-17-30)25-35(43)41(24-28-14-15-29(38)23-33(28)39)34(36(44)40-37(3,4)5)22-27-10-8-7-9-11-27/h7-21,23,34H,6,22,24-25H2,1-5H3,(H,40,44). The molecule has 0 saturated carbocycles. The summed E-state index contributed by atoms with van der Waals surface area (Å²) in [5, 5.41) is 3.75. The van der Waals surface area contributed by atoms with Crippen LogP contribution < -0.4 is 14.4 Å². The molecule has 1 atom stereocenters. The van der Waals surface area contributed by atoms with Gasteiger partial charge in [-0.2, -0.15) is 0 Å². The molecule has 0 saturated heterocycles. The van der Waals surface area contributed by atoms with Crippen molar-refractivity contribution in [2.75, 3.05) is 17.5 Å². The fourth-order valence-electron chi connectivity index (χ4n) is 5.08. The van der Waals surface area contributed by atoms with Gasteiger partial charge < -0.3 is 15.0 Å². The highest BCUT2D eigenvalue weighted by Crippen LogP contribution is 2.28. The second kappa shape index (κ2) is 15.9. The average molecular weight is 711 g/mol. The number of nitrogens with one attached hydrogen (secondary N) is 1. The lowest BCUT2D eigenvalue weighted by Gasteiger charge is -2.35. The van der Waals surface area contributed by atoms with E-state index in [0.717, 1.165) is 15.4 Å². The lowest BCUT2D eigenvalue weighted by Crippen LogP contribution is -2.56. The summed E-state index contributed by atoms with van der Waals surface area (Å²) in [6.45, 7) is 9.06. The van der Waals surface area contributed by atoms with Crippen molar-refractivity contribution >= 4 is 50.7 Å². The van der Waals surface area contributed by atoms with E-state index in [2.05, 4.69) is 5.32 Å². The van der Waals surface area contributed by atoms with Crippen LogP contribution in [0.1, 0.15) is 44.4 Å². The minimum atomic E-state index is -4.26. The maximum absolute atomic E-state index is 14.6. The molecule has 0 aliphatic rings. The maximum Gasteiger partial charge on any atom is 0.264 e. The van der Waals surface area contributed by atoms with Crippen LogP contribution in [0.3, 0.4) is 0 Å². The van der Waals surface area contributed by atoms with Crippen LogP contribution in [0.5, 0.6) is 5.75 Å². The van der Waals surface area contributed by atoms with Gasteiger partial charge in [-0.05, 0) is 94.3 Å². The molecular weight excluding hydrogens is 669 g/mol. The first-order valence-electron chi connectivity index (χ1n) is 15.6. The first kappa shape index (κ1) is 36.8. The van der Waals surface area contributed by atoms with Crippen LogP contribution >= 0.6 is 23.2 Å². The van der Waals surface area contributed by atoms with E-state index in [-0.39, 0.29) is 23.8 Å². The minimum Gasteiger partial charge on any atom is -0.494 e. The largest absolute Gasteiger partial charge is 0.494 e. The van der Waals surface area contributed by atoms with Crippen LogP contribution in [0.4, 0.5) is 5.69 Å². The maximum atomic E-state index is 14.6. The molecule has 0 heterocycles. The molecule has 4 aromatic carbocycles. The van der Waals surface area contributed by atoms with Crippen molar-refractivity contribution in [3.63, 3.8) is 0 Å². The van der Waals surface area contributed by atoms with Gasteiger partial charge in [0.1, 0.15) is 18.3 Å². The van der Waals surface area contributed by atoms with Crippen LogP contribution in [0.2, 0.25) is 10.0 Å². The molecule has 0 aliphatic heterocycles. The van der Waals surface area contributed by atoms with Crippen molar-refractivity contribution in [1.82, 2.24) is 10.2 Å². The summed E-state index contributed by atoms with van der Waals surface area (Å²) < 4.78 is 35.1. The molecule has 0 spiro atoms. The number of sulfonamides is 1. The summed E-state index contributed by atoms with van der Waals surface area (Å²) in [5.41, 5.74) is 1.98. The molecule has 4 aromatic rings. The van der Waals surface area contributed by atoms with Gasteiger partial charge in [-0.1, -0.05) is 77.3 Å². The highest BCUT2D eigenvalue weighted by atomic mass is 35.5. The second-order valence-electron chi connectivity index (χ2n) is 12.5. The van der Waals surface area contributed by atoms with Crippen molar-refractivity contribution in [3.05, 3.63) is 124 Å². The minimum absolute atomic E-state index is 0.0158. The van der Waals surface area contributed by atoms with E-state index in [1.165, 1.54) is 17.0 Å². The Balaban J connectivity index is 1.82. The summed E-state index contributed by atoms with van der Waals surface area (Å²) in [6, 6.07) is 26.2. The molecule has 254 valence electrons. The predicted octanol–water partition coefficient (Wildman–Crippen LogP) is 7.45. The van der Waals surface area contributed by atoms with Gasteiger partial charge in [-0.25, -0.2) is 8.42 Å². The third-order valence-corrected chi connectivity index (χ3v) is 9.82. The highest BCUT2D eigenvalue weighted by Gasteiger charge is 2.36. The number of hydrogen-bond donors (Lipinski definition) is 1. The van der Waals surface area contributed by atoms with Gasteiger partial charge in [0.15, 0.2) is 0 Å². The lowest BCUT2D eigenvalue weighted by molar-refractivity contribution is -0.140. The number of aryl methyl sites for hydroxylation is 1. The smallest absolute Gasteiger partial charge is 0.264 e. The Bertz CT molecular complexity index is 1810. The lowest BCUT2D eigenvalue weighted by atomic mass is 10.0. The number of nitrogens with zero attached hydrogens (tertiary/aromatic N) is 2. The molecule has 4 rings (SSSR count). The Morgan fingerprint density at radius 3 is 2.12 bits per heavy atom. The molecule has 0 fully saturated rings. The summed E-state index contributed by atoms with van der Waals surface area (Å²) in [4.78, 5) is 30.1. The third kappa shape index (κ3) is 9.75. The Hall–Kier alpha value is -4.05. The number of carbonyl (C=O) groups excluding carboxylic acids is 2. The van der Waals surface area contributed by atoms with Crippen molar-refractivity contribution in [2.24, 2.45) is 0 Å². The van der Waals surface area contributed by atoms with Crippen molar-refractivity contribution in [3.8, 4) is 5.75 Å². The Labute approximate surface area is 293 Å². The summed E-state index contributed by atoms with van der Waals surface area (Å²) in [5.74, 6) is -0.462. The normalized spacial score (nSPS) is 12.2. The monoisotopic (exact) mass is 709 g/mol. The Kier molecular flexibility index (Phi) is 12.2. The van der Waals surface area contributed by atoms with Crippen LogP contribution in [-0.2, 0) is 32.6 Å². The predicted molar refractivity (Wildman–Crippen MR) is 192 cm³/mol. The number of halogens is 2. The molecule has 11 heteroatoms. The Morgan fingerprint density at radius 2 is 1.54 bits per heavy atom. The number of benzene rings is 4. The summed E-state index contributed by atoms with van der Waals surface area (Å²) in [7, 11) is -4.26. The molecular formula is C37H41Cl2N3O5S. The van der Waals surface area contributed by atoms with E-state index in [4.69, 9.17) is 27.9 Å². The topological polar surface area (TPSA) is 96.0 Å². The molecule has 1 N–H and O–H groups in total. The molecule has 0 radical (unpaired) electrons. The molecule has 48 heavy (non-hydrogen) atoms. The molecule has 0 aliphatic carbocycles. The van der Waals surface area contributed by atoms with Gasteiger partial charge in [0.2, 0.25) is 11.8 Å². The molecule has 1 unspecified atom stereocenters. The van der Waals surface area contributed by atoms with Gasteiger partial charge in [0.25, 0.3) is 10.0 Å². The number of anilines is 1. The van der Waals surface area contributed by atoms with E-state index in [0.29, 0.717) is 33.7 Å². The third-order valence-electron chi connectivity index (χ3n) is 7.45. The van der Waals surface area contributed by atoms with E-state index >= 15 is 0 Å². The molecule has 0 bridgehead atoms. The number of amides is 2. The molecule has 2 amide bonds. The van der Waals surface area contributed by atoms with E-state index in [1.807, 2.05) is 65.0 Å². The van der Waals surface area contributed by atoms with Crippen LogP contribution in [0.25, 0.3) is 0 Å². The zero-order chi connectivity index (χ0) is 35.1. The van der Waals surface area contributed by atoms with Crippen molar-refractivity contribution in [1.29, 1.82) is 0 Å². The fraction of sp³-hybridized carbons (Fsp3) is 0.297. The quantitative estimate of drug-likeness (QED) is 0.156. The molecule has 0 aromatic heterocycles. The average Bonchev–Trinajstić information content (AvgIpc) is 3.03. The van der Waals surface area contributed by atoms with Gasteiger partial charge in [-0.15, -0.1) is 0 Å². The second-order valence-corrected chi connectivity index (χ2v) is 15.2. The highest BCUT2D eigenvalue weighted by molar-refractivity contribution is 7.92. The van der Waals surface area contributed by atoms with E-state index < -0.39 is 34.1 Å². The molecule has 8 nitrogen and oxygen atoms in total. The first-order chi connectivity index (χ1) is 22.7. The summed E-state index contributed by atoms with van der Waals surface area (Å²) >= 11 is 12.8. The van der Waals surface area contributed by atoms with E-state index in [1.54, 1.807) is 54.6 Å². The first-order valence-corrected chi connectivity index (χ1v) is 17.8. The van der Waals surface area contributed by atoms with Gasteiger partial charge in [0, 0.05) is 28.5 Å².